The van der Waals surface area contributed by atoms with E-state index < -0.39 is 0 Å². The molecule has 0 bridgehead atoms. The molecule has 1 saturated carbocycles. The molecule has 1 fully saturated rings. The number of nitrogens with one attached hydrogen (secondary N) is 3. The minimum absolute atomic E-state index is 0.0385. The van der Waals surface area contributed by atoms with Gasteiger partial charge in [0.1, 0.15) is 12.1 Å². The number of aliphatic hydroxyl groups is 1. The predicted molar refractivity (Wildman–Crippen MR) is 153 cm³/mol. The van der Waals surface area contributed by atoms with Gasteiger partial charge in [-0.1, -0.05) is 12.8 Å². The van der Waals surface area contributed by atoms with Crippen LogP contribution in [0, 0.1) is 0 Å². The van der Waals surface area contributed by atoms with Crippen LogP contribution in [-0.2, 0) is 14.3 Å². The summed E-state index contributed by atoms with van der Waals surface area (Å²) in [5.74, 6) is 0.883. The fraction of sp³-hybridized carbons (Fsp3) is 0.448. The number of methoxy groups -OCH3 is 1. The Morgan fingerprint density at radius 2 is 1.60 bits per heavy atom. The molecule has 0 aliphatic heterocycles. The van der Waals surface area contributed by atoms with Crippen molar-refractivity contribution in [2.75, 3.05) is 23.1 Å². The first kappa shape index (κ1) is 28.9. The molecule has 40 heavy (non-hydrogen) atoms. The van der Waals surface area contributed by atoms with Gasteiger partial charge in [-0.2, -0.15) is 4.98 Å². The van der Waals surface area contributed by atoms with Crippen molar-refractivity contribution in [3.8, 4) is 11.1 Å². The Hall–Kier alpha value is -4.12. The second kappa shape index (κ2) is 14.9. The van der Waals surface area contributed by atoms with Crippen LogP contribution in [0.3, 0.4) is 0 Å². The monoisotopic (exact) mass is 547 g/mol. The number of rotatable bonds is 13. The van der Waals surface area contributed by atoms with Crippen molar-refractivity contribution in [1.29, 1.82) is 0 Å². The quantitative estimate of drug-likeness (QED) is 0.173. The number of carbonyl (C=O) groups is 2. The van der Waals surface area contributed by atoms with Crippen molar-refractivity contribution < 1.29 is 19.4 Å². The van der Waals surface area contributed by atoms with Gasteiger partial charge in [-0.25, -0.2) is 15.0 Å². The number of unbranched alkanes of at least 4 members (excludes halogenated alkanes) is 3. The molecule has 11 nitrogen and oxygen atoms in total. The van der Waals surface area contributed by atoms with Gasteiger partial charge < -0.3 is 25.8 Å². The highest BCUT2D eigenvalue weighted by Crippen LogP contribution is 2.30. The van der Waals surface area contributed by atoms with E-state index in [0.29, 0.717) is 30.3 Å². The number of hydrogen-bond acceptors (Lipinski definition) is 10. The van der Waals surface area contributed by atoms with E-state index in [1.54, 1.807) is 18.6 Å². The van der Waals surface area contributed by atoms with Crippen LogP contribution in [0.4, 0.5) is 23.1 Å². The van der Waals surface area contributed by atoms with Gasteiger partial charge in [-0.3, -0.25) is 9.59 Å². The zero-order valence-corrected chi connectivity index (χ0v) is 22.8. The van der Waals surface area contributed by atoms with Gasteiger partial charge in [0.25, 0.3) is 0 Å². The largest absolute Gasteiger partial charge is 0.469 e. The number of aliphatic hydroxyl groups excluding tert-OH is 1. The molecule has 1 amide bonds. The lowest BCUT2D eigenvalue weighted by Gasteiger charge is -2.27. The van der Waals surface area contributed by atoms with E-state index in [1.165, 1.54) is 13.4 Å². The Kier molecular flexibility index (Phi) is 10.7. The van der Waals surface area contributed by atoms with Crippen molar-refractivity contribution in [2.45, 2.75) is 76.4 Å². The van der Waals surface area contributed by atoms with Gasteiger partial charge >= 0.3 is 5.97 Å². The summed E-state index contributed by atoms with van der Waals surface area (Å²) in [5.41, 5.74) is 3.11. The van der Waals surface area contributed by atoms with Crippen molar-refractivity contribution in [3.05, 3.63) is 49.2 Å². The molecular formula is C29H37N7O4. The number of benzene rings is 1. The Labute approximate surface area is 234 Å². The molecule has 0 unspecified atom stereocenters. The minimum Gasteiger partial charge on any atom is -0.469 e. The molecule has 0 saturated heterocycles. The van der Waals surface area contributed by atoms with Gasteiger partial charge in [0.15, 0.2) is 0 Å². The van der Waals surface area contributed by atoms with E-state index in [1.807, 2.05) is 24.3 Å². The Bertz CT molecular complexity index is 1230. The maximum atomic E-state index is 12.3. The molecule has 11 heteroatoms. The molecule has 1 aliphatic rings. The van der Waals surface area contributed by atoms with Crippen molar-refractivity contribution >= 4 is 35.0 Å². The van der Waals surface area contributed by atoms with Crippen molar-refractivity contribution in [3.63, 3.8) is 0 Å². The highest BCUT2D eigenvalue weighted by Gasteiger charge is 2.21. The zero-order valence-electron chi connectivity index (χ0n) is 22.8. The summed E-state index contributed by atoms with van der Waals surface area (Å²) in [4.78, 5) is 40.9. The number of ether oxygens (including phenoxy) is 1. The third-order valence-electron chi connectivity index (χ3n) is 6.89. The van der Waals surface area contributed by atoms with Crippen molar-refractivity contribution in [2.24, 2.45) is 0 Å². The van der Waals surface area contributed by atoms with Crippen LogP contribution in [0.1, 0.15) is 64.2 Å². The molecule has 3 aromatic rings. The summed E-state index contributed by atoms with van der Waals surface area (Å²) >= 11 is 0. The summed E-state index contributed by atoms with van der Waals surface area (Å²) in [5, 5.41) is 19.6. The number of nitrogens with zero attached hydrogens (tertiary/aromatic N) is 4. The number of esters is 1. The zero-order chi connectivity index (χ0) is 28.2. The average molecular weight is 548 g/mol. The van der Waals surface area contributed by atoms with E-state index in [0.717, 1.165) is 68.2 Å². The molecule has 2 heterocycles. The SMILES string of the molecule is COC(=O)CCCCCCC(=O)Nc1ccc(Nc2ncc(-c3cncnc3)c(NC3CCC(O)CC3)n2)cc1. The molecule has 2 aromatic heterocycles. The third-order valence-corrected chi connectivity index (χ3v) is 6.89. The summed E-state index contributed by atoms with van der Waals surface area (Å²) < 4.78 is 4.63. The van der Waals surface area contributed by atoms with E-state index in [4.69, 9.17) is 4.98 Å². The number of anilines is 4. The van der Waals surface area contributed by atoms with Crippen LogP contribution in [0.2, 0.25) is 0 Å². The topological polar surface area (TPSA) is 151 Å². The number of amides is 1. The predicted octanol–water partition coefficient (Wildman–Crippen LogP) is 4.84. The van der Waals surface area contributed by atoms with E-state index in [9.17, 15) is 14.7 Å². The van der Waals surface area contributed by atoms with Crippen LogP contribution in [0.5, 0.6) is 0 Å². The summed E-state index contributed by atoms with van der Waals surface area (Å²) in [7, 11) is 1.39. The second-order valence-electron chi connectivity index (χ2n) is 9.97. The molecular weight excluding hydrogens is 510 g/mol. The van der Waals surface area contributed by atoms with Gasteiger partial charge in [-0.15, -0.1) is 0 Å². The smallest absolute Gasteiger partial charge is 0.305 e. The highest BCUT2D eigenvalue weighted by atomic mass is 16.5. The Balaban J connectivity index is 1.32. The number of carbonyl (C=O) groups excluding carboxylic acids is 2. The van der Waals surface area contributed by atoms with Gasteiger partial charge in [-0.05, 0) is 62.8 Å². The van der Waals surface area contributed by atoms with Gasteiger partial charge in [0.05, 0.1) is 13.2 Å². The lowest BCUT2D eigenvalue weighted by molar-refractivity contribution is -0.140. The Morgan fingerprint density at radius 3 is 2.30 bits per heavy atom. The molecule has 0 spiro atoms. The first-order chi connectivity index (χ1) is 19.5. The maximum absolute atomic E-state index is 12.3. The Morgan fingerprint density at radius 1 is 0.925 bits per heavy atom. The molecule has 1 aliphatic carbocycles. The van der Waals surface area contributed by atoms with Crippen LogP contribution in [0.15, 0.2) is 49.2 Å². The standard InChI is InChI=1S/C29H37N7O4/c1-40-27(39)7-5-3-2-4-6-26(38)33-21-8-10-23(11-9-21)35-29-32-18-25(20-16-30-19-31-17-20)28(36-29)34-22-12-14-24(37)15-13-22/h8-11,16-19,22,24,37H,2-7,12-15H2,1H3,(H,33,38)(H2,32,34,35,36). The van der Waals surface area contributed by atoms with Crippen molar-refractivity contribution in [1.82, 2.24) is 19.9 Å². The summed E-state index contributed by atoms with van der Waals surface area (Å²) in [6, 6.07) is 7.59. The average Bonchev–Trinajstić information content (AvgIpc) is 2.97. The van der Waals surface area contributed by atoms with Crippen LogP contribution in [-0.4, -0.2) is 56.2 Å². The maximum Gasteiger partial charge on any atom is 0.305 e. The lowest BCUT2D eigenvalue weighted by atomic mass is 9.93. The van der Waals surface area contributed by atoms with Gasteiger partial charge in [0.2, 0.25) is 11.9 Å². The highest BCUT2D eigenvalue weighted by molar-refractivity contribution is 5.90. The molecule has 1 aromatic carbocycles. The fourth-order valence-electron chi connectivity index (χ4n) is 4.62. The van der Waals surface area contributed by atoms with Gasteiger partial charge in [0, 0.05) is 60.0 Å². The second-order valence-corrected chi connectivity index (χ2v) is 9.97. The molecule has 4 rings (SSSR count). The third kappa shape index (κ3) is 8.98. The van der Waals surface area contributed by atoms with E-state index >= 15 is 0 Å². The lowest BCUT2D eigenvalue weighted by Crippen LogP contribution is -2.28. The van der Waals surface area contributed by atoms with E-state index in [2.05, 4.69) is 35.6 Å². The fourth-order valence-corrected chi connectivity index (χ4v) is 4.62. The molecule has 212 valence electrons. The normalized spacial score (nSPS) is 16.6. The summed E-state index contributed by atoms with van der Waals surface area (Å²) in [6.45, 7) is 0. The summed E-state index contributed by atoms with van der Waals surface area (Å²) in [6.07, 6.45) is 13.9. The van der Waals surface area contributed by atoms with Crippen LogP contribution >= 0.6 is 0 Å². The first-order valence-electron chi connectivity index (χ1n) is 13.8. The van der Waals surface area contributed by atoms with Crippen LogP contribution in [0.25, 0.3) is 11.1 Å². The number of hydrogen-bond donors (Lipinski definition) is 4. The minimum atomic E-state index is -0.236. The first-order valence-corrected chi connectivity index (χ1v) is 13.8. The number of aromatic nitrogens is 4. The van der Waals surface area contributed by atoms with Crippen LogP contribution < -0.4 is 16.0 Å². The molecule has 4 N–H and O–H groups in total. The molecule has 0 atom stereocenters. The molecule has 0 radical (unpaired) electrons. The van der Waals surface area contributed by atoms with E-state index in [-0.39, 0.29) is 24.0 Å².